The largest absolute Gasteiger partial charge is 0.484 e. The summed E-state index contributed by atoms with van der Waals surface area (Å²) in [4.78, 5) is 8.52. The highest BCUT2D eigenvalue weighted by molar-refractivity contribution is 7.93. The van der Waals surface area contributed by atoms with Gasteiger partial charge in [-0.2, -0.15) is 13.9 Å². The fraction of sp³-hybridized carbons (Fsp3) is 0.148. The zero-order chi connectivity index (χ0) is 28.6. The lowest BCUT2D eigenvalue weighted by Crippen LogP contribution is -2.21. The second-order valence-electron chi connectivity index (χ2n) is 8.92. The van der Waals surface area contributed by atoms with Crippen LogP contribution in [0, 0.1) is 5.82 Å². The van der Waals surface area contributed by atoms with E-state index in [1.165, 1.54) is 42.5 Å². The maximum Gasteiger partial charge on any atom is 0.355 e. The Bertz CT molecular complexity index is 1800. The average molecular weight is 569 g/mol. The Morgan fingerprint density at radius 3 is 2.48 bits per heavy atom. The minimum absolute atomic E-state index is 0.0488. The molecule has 3 aromatic heterocycles. The Morgan fingerprint density at radius 2 is 1.80 bits per heavy atom. The first-order valence-corrected chi connectivity index (χ1v) is 13.5. The molecule has 206 valence electrons. The number of fused-ring (bicyclic) bond motifs is 1. The van der Waals surface area contributed by atoms with Gasteiger partial charge < -0.3 is 10.5 Å². The summed E-state index contributed by atoms with van der Waals surface area (Å²) in [6.07, 6.45) is 4.26. The zero-order valence-corrected chi connectivity index (χ0v) is 22.0. The lowest BCUT2D eigenvalue weighted by molar-refractivity contribution is 0.228. The van der Waals surface area contributed by atoms with Crippen LogP contribution in [0.2, 0.25) is 0 Å². The molecule has 3 heterocycles. The summed E-state index contributed by atoms with van der Waals surface area (Å²) in [6, 6.07) is 13.5. The molecule has 0 spiro atoms. The molecule has 3 N–H and O–H groups in total. The van der Waals surface area contributed by atoms with Gasteiger partial charge in [-0.1, -0.05) is 24.3 Å². The van der Waals surface area contributed by atoms with Gasteiger partial charge in [0.2, 0.25) is 0 Å². The van der Waals surface area contributed by atoms with Crippen molar-refractivity contribution in [3.63, 3.8) is 0 Å². The van der Waals surface area contributed by atoms with Gasteiger partial charge in [0.1, 0.15) is 29.2 Å². The van der Waals surface area contributed by atoms with Gasteiger partial charge in [0.25, 0.3) is 10.0 Å². The first-order valence-electron chi connectivity index (χ1n) is 11.9. The highest BCUT2D eigenvalue weighted by atomic mass is 32.2. The van der Waals surface area contributed by atoms with Gasteiger partial charge in [0.05, 0.1) is 16.6 Å². The molecular formula is C27H23F3N6O3S. The van der Waals surface area contributed by atoms with E-state index in [2.05, 4.69) is 15.1 Å². The average Bonchev–Trinajstić information content (AvgIpc) is 3.28. The number of nitrogens with two attached hydrogens (primary N) is 1. The molecule has 1 atom stereocenters. The Morgan fingerprint density at radius 1 is 1.05 bits per heavy atom. The zero-order valence-electron chi connectivity index (χ0n) is 21.2. The van der Waals surface area contributed by atoms with Crippen LogP contribution in [0.1, 0.15) is 18.6 Å². The molecule has 0 aliphatic heterocycles. The maximum absolute atomic E-state index is 13.4. The van der Waals surface area contributed by atoms with Crippen LogP contribution < -0.4 is 15.2 Å². The SMILES string of the molecule is C[C@H](Oc1cc(-c2nn(C)c3c(-c4cccnc4)cnc(N)c23)ccc1NS(=O)(=O)C(F)F)c1ccc(F)cc1. The standard InChI is InChI=1S/C27H23F3N6O3S/c1-15(16-5-8-19(28)9-6-16)39-22-12-17(7-10-21(22)35-40(37,38)27(29)30)24-23-25(36(2)34-24)20(14-33-26(23)31)18-4-3-11-32-13-18/h3-15,27,35H,1-2H3,(H2,31,33)/t15-/m0/s1. The lowest BCUT2D eigenvalue weighted by Gasteiger charge is -2.19. The number of nitrogens with zero attached hydrogens (tertiary/aromatic N) is 4. The first-order chi connectivity index (χ1) is 19.0. The molecule has 0 unspecified atom stereocenters. The topological polar surface area (TPSA) is 125 Å². The number of benzene rings is 2. The van der Waals surface area contributed by atoms with Crippen molar-refractivity contribution in [1.29, 1.82) is 0 Å². The molecule has 0 amide bonds. The Labute approximate surface area is 227 Å². The molecule has 0 radical (unpaired) electrons. The molecule has 0 saturated heterocycles. The smallest absolute Gasteiger partial charge is 0.355 e. The van der Waals surface area contributed by atoms with Crippen LogP contribution in [-0.4, -0.2) is 33.9 Å². The predicted molar refractivity (Wildman–Crippen MR) is 146 cm³/mol. The second-order valence-corrected chi connectivity index (χ2v) is 10.6. The molecule has 0 bridgehead atoms. The van der Waals surface area contributed by atoms with E-state index in [-0.39, 0.29) is 17.3 Å². The van der Waals surface area contributed by atoms with E-state index < -0.39 is 27.7 Å². The monoisotopic (exact) mass is 568 g/mol. The summed E-state index contributed by atoms with van der Waals surface area (Å²) in [5.41, 5.74) is 9.75. The number of anilines is 2. The number of nitrogens with one attached hydrogen (secondary N) is 1. The highest BCUT2D eigenvalue weighted by Gasteiger charge is 2.27. The molecule has 0 fully saturated rings. The normalized spacial score (nSPS) is 12.6. The first kappa shape index (κ1) is 26.9. The van der Waals surface area contributed by atoms with E-state index in [0.717, 1.165) is 11.1 Å². The maximum atomic E-state index is 13.4. The summed E-state index contributed by atoms with van der Waals surface area (Å²) in [5, 5.41) is 5.18. The molecule has 0 aliphatic carbocycles. The summed E-state index contributed by atoms with van der Waals surface area (Å²) in [7, 11) is -3.26. The highest BCUT2D eigenvalue weighted by Crippen LogP contribution is 2.40. The lowest BCUT2D eigenvalue weighted by atomic mass is 10.0. The third-order valence-electron chi connectivity index (χ3n) is 6.25. The van der Waals surface area contributed by atoms with Crippen LogP contribution in [-0.2, 0) is 17.1 Å². The Balaban J connectivity index is 1.64. The fourth-order valence-corrected chi connectivity index (χ4v) is 4.88. The number of alkyl halides is 2. The van der Waals surface area contributed by atoms with Gasteiger partial charge in [-0.05, 0) is 42.8 Å². The van der Waals surface area contributed by atoms with Crippen molar-refractivity contribution in [3.05, 3.63) is 84.6 Å². The number of ether oxygens (including phenoxy) is 1. The minimum Gasteiger partial charge on any atom is -0.484 e. The van der Waals surface area contributed by atoms with Crippen molar-refractivity contribution < 1.29 is 26.3 Å². The van der Waals surface area contributed by atoms with Crippen LogP contribution in [0.5, 0.6) is 5.75 Å². The van der Waals surface area contributed by atoms with E-state index in [0.29, 0.717) is 27.7 Å². The number of halogens is 3. The van der Waals surface area contributed by atoms with Crippen molar-refractivity contribution in [2.45, 2.75) is 18.8 Å². The van der Waals surface area contributed by atoms with Crippen molar-refractivity contribution in [2.75, 3.05) is 10.5 Å². The van der Waals surface area contributed by atoms with Crippen LogP contribution >= 0.6 is 0 Å². The summed E-state index contributed by atoms with van der Waals surface area (Å²) < 4.78 is 73.3. The Kier molecular flexibility index (Phi) is 7.06. The van der Waals surface area contributed by atoms with Crippen molar-refractivity contribution in [1.82, 2.24) is 19.7 Å². The number of rotatable bonds is 8. The van der Waals surface area contributed by atoms with Crippen molar-refractivity contribution >= 4 is 32.4 Å². The molecule has 5 aromatic rings. The van der Waals surface area contributed by atoms with E-state index in [9.17, 15) is 21.6 Å². The number of pyridine rings is 2. The third kappa shape index (κ3) is 5.15. The summed E-state index contributed by atoms with van der Waals surface area (Å²) >= 11 is 0. The molecule has 2 aromatic carbocycles. The van der Waals surface area contributed by atoms with Crippen LogP contribution in [0.15, 0.2) is 73.2 Å². The number of hydrogen-bond donors (Lipinski definition) is 2. The molecule has 0 saturated carbocycles. The summed E-state index contributed by atoms with van der Waals surface area (Å²) in [6.45, 7) is 1.66. The molecule has 13 heteroatoms. The van der Waals surface area contributed by atoms with Gasteiger partial charge in [0.15, 0.2) is 0 Å². The van der Waals surface area contributed by atoms with Crippen molar-refractivity contribution in [2.24, 2.45) is 7.05 Å². The molecule has 9 nitrogen and oxygen atoms in total. The predicted octanol–water partition coefficient (Wildman–Crippen LogP) is 5.52. The molecule has 5 rings (SSSR count). The quantitative estimate of drug-likeness (QED) is 0.252. The van der Waals surface area contributed by atoms with Crippen LogP contribution in [0.25, 0.3) is 33.3 Å². The van der Waals surface area contributed by atoms with Gasteiger partial charge in [-0.3, -0.25) is 14.4 Å². The van der Waals surface area contributed by atoms with Gasteiger partial charge in [0, 0.05) is 42.3 Å². The number of aromatic nitrogens is 4. The van der Waals surface area contributed by atoms with E-state index in [4.69, 9.17) is 10.5 Å². The van der Waals surface area contributed by atoms with Gasteiger partial charge in [-0.25, -0.2) is 17.8 Å². The van der Waals surface area contributed by atoms with E-state index >= 15 is 0 Å². The van der Waals surface area contributed by atoms with E-state index in [1.54, 1.807) is 43.3 Å². The molecule has 0 aliphatic rings. The Hall–Kier alpha value is -4.65. The van der Waals surface area contributed by atoms with Crippen molar-refractivity contribution in [3.8, 4) is 28.1 Å². The fourth-order valence-electron chi connectivity index (χ4n) is 4.31. The van der Waals surface area contributed by atoms with E-state index in [1.807, 2.05) is 10.8 Å². The molecular weight excluding hydrogens is 545 g/mol. The number of hydrogen-bond acceptors (Lipinski definition) is 7. The summed E-state index contributed by atoms with van der Waals surface area (Å²) in [5.74, 6) is -3.95. The number of sulfonamides is 1. The van der Waals surface area contributed by atoms with Gasteiger partial charge in [-0.15, -0.1) is 0 Å². The molecule has 40 heavy (non-hydrogen) atoms. The van der Waals surface area contributed by atoms with Crippen LogP contribution in [0.3, 0.4) is 0 Å². The second kappa shape index (κ2) is 10.5. The third-order valence-corrected chi connectivity index (χ3v) is 7.22. The van der Waals surface area contributed by atoms with Gasteiger partial charge >= 0.3 is 5.76 Å². The minimum atomic E-state index is -5.00. The number of nitrogen functional groups attached to an aromatic ring is 1. The number of aryl methyl sites for hydroxylation is 1. The van der Waals surface area contributed by atoms with Crippen LogP contribution in [0.4, 0.5) is 24.7 Å².